The van der Waals surface area contributed by atoms with Crippen LogP contribution in [-0.4, -0.2) is 55.0 Å². The van der Waals surface area contributed by atoms with Gasteiger partial charge in [0.1, 0.15) is 18.1 Å². The number of furan rings is 1. The summed E-state index contributed by atoms with van der Waals surface area (Å²) < 4.78 is 16.6. The summed E-state index contributed by atoms with van der Waals surface area (Å²) in [6.45, 7) is 6.77. The van der Waals surface area contributed by atoms with Crippen molar-refractivity contribution in [3.8, 4) is 11.5 Å². The van der Waals surface area contributed by atoms with Crippen molar-refractivity contribution in [1.29, 1.82) is 0 Å². The van der Waals surface area contributed by atoms with Crippen LogP contribution < -0.4 is 9.47 Å². The third-order valence-corrected chi connectivity index (χ3v) is 6.83. The van der Waals surface area contributed by atoms with E-state index in [1.54, 1.807) is 24.0 Å². The van der Waals surface area contributed by atoms with Gasteiger partial charge in [-0.3, -0.25) is 9.59 Å². The van der Waals surface area contributed by atoms with Crippen molar-refractivity contribution < 1.29 is 23.5 Å². The van der Waals surface area contributed by atoms with Crippen molar-refractivity contribution in [3.63, 3.8) is 0 Å². The third kappa shape index (κ3) is 8.13. The number of rotatable bonds is 14. The van der Waals surface area contributed by atoms with E-state index < -0.39 is 0 Å². The molecule has 2 amide bonds. The zero-order valence-electron chi connectivity index (χ0n) is 23.2. The number of amides is 2. The highest BCUT2D eigenvalue weighted by Gasteiger charge is 2.25. The molecule has 0 spiro atoms. The second-order valence-electron chi connectivity index (χ2n) is 9.53. The van der Waals surface area contributed by atoms with E-state index in [4.69, 9.17) is 13.9 Å². The number of carbonyl (C=O) groups is 2. The first kappa shape index (κ1) is 28.8. The van der Waals surface area contributed by atoms with Crippen molar-refractivity contribution in [1.82, 2.24) is 9.80 Å². The molecule has 0 radical (unpaired) electrons. The van der Waals surface area contributed by atoms with Gasteiger partial charge in [0.05, 0.1) is 20.8 Å². The number of hydrogen-bond acceptors (Lipinski definition) is 5. The molecule has 1 heterocycles. The largest absolute Gasteiger partial charge is 0.493 e. The maximum Gasteiger partial charge on any atom is 0.242 e. The summed E-state index contributed by atoms with van der Waals surface area (Å²) in [4.78, 5) is 30.4. The zero-order chi connectivity index (χ0) is 27.5. The van der Waals surface area contributed by atoms with Crippen LogP contribution in [0.2, 0.25) is 0 Å². The lowest BCUT2D eigenvalue weighted by Gasteiger charge is -2.31. The fraction of sp³-hybridized carbons (Fsp3) is 0.419. The van der Waals surface area contributed by atoms with Gasteiger partial charge in [-0.25, -0.2) is 0 Å². The minimum absolute atomic E-state index is 0.00904. The Morgan fingerprint density at radius 1 is 0.895 bits per heavy atom. The lowest BCUT2D eigenvalue weighted by atomic mass is 10.1. The van der Waals surface area contributed by atoms with Gasteiger partial charge in [-0.05, 0) is 68.5 Å². The van der Waals surface area contributed by atoms with E-state index in [0.717, 1.165) is 23.3 Å². The van der Waals surface area contributed by atoms with Crippen molar-refractivity contribution in [2.75, 3.05) is 27.3 Å². The normalized spacial score (nSPS) is 11.6. The summed E-state index contributed by atoms with van der Waals surface area (Å²) in [6, 6.07) is 19.5. The van der Waals surface area contributed by atoms with E-state index in [-0.39, 0.29) is 24.4 Å². The topological polar surface area (TPSA) is 72.2 Å². The van der Waals surface area contributed by atoms with Crippen LogP contribution in [0.3, 0.4) is 0 Å². The SMILES string of the molecule is CC[C@@H](C)N(CC(=O)N(CCc1ccc(OC)c(OC)c1)Cc1ccc(C)o1)C(=O)CCc1ccccc1. The van der Waals surface area contributed by atoms with E-state index in [2.05, 4.69) is 0 Å². The van der Waals surface area contributed by atoms with Crippen molar-refractivity contribution in [2.24, 2.45) is 0 Å². The second kappa shape index (κ2) is 14.3. The Labute approximate surface area is 226 Å². The lowest BCUT2D eigenvalue weighted by Crippen LogP contribution is -2.46. The molecule has 1 atom stereocenters. The van der Waals surface area contributed by atoms with Crippen LogP contribution in [0.1, 0.15) is 49.3 Å². The molecule has 0 saturated heterocycles. The smallest absolute Gasteiger partial charge is 0.242 e. The van der Waals surface area contributed by atoms with E-state index in [0.29, 0.717) is 49.6 Å². The number of benzene rings is 2. The number of nitrogens with zero attached hydrogens (tertiary/aromatic N) is 2. The van der Waals surface area contributed by atoms with Gasteiger partial charge in [0.15, 0.2) is 11.5 Å². The van der Waals surface area contributed by atoms with Gasteiger partial charge in [0.2, 0.25) is 11.8 Å². The molecule has 0 fully saturated rings. The maximum atomic E-state index is 13.7. The highest BCUT2D eigenvalue weighted by Crippen LogP contribution is 2.28. The Morgan fingerprint density at radius 3 is 2.26 bits per heavy atom. The van der Waals surface area contributed by atoms with Gasteiger partial charge >= 0.3 is 0 Å². The molecule has 7 heteroatoms. The quantitative estimate of drug-likeness (QED) is 0.283. The Balaban J connectivity index is 1.74. The summed E-state index contributed by atoms with van der Waals surface area (Å²) in [5.74, 6) is 2.71. The summed E-state index contributed by atoms with van der Waals surface area (Å²) in [5, 5.41) is 0. The molecule has 38 heavy (non-hydrogen) atoms. The molecule has 3 aromatic rings. The minimum atomic E-state index is -0.104. The molecule has 0 N–H and O–H groups in total. The van der Waals surface area contributed by atoms with Gasteiger partial charge in [0, 0.05) is 19.0 Å². The fourth-order valence-electron chi connectivity index (χ4n) is 4.35. The van der Waals surface area contributed by atoms with E-state index >= 15 is 0 Å². The molecule has 0 aliphatic heterocycles. The van der Waals surface area contributed by atoms with Crippen molar-refractivity contribution in [3.05, 3.63) is 83.3 Å². The Bertz CT molecular complexity index is 1170. The summed E-state index contributed by atoms with van der Waals surface area (Å²) in [7, 11) is 3.21. The number of ether oxygens (including phenoxy) is 2. The zero-order valence-corrected chi connectivity index (χ0v) is 23.2. The minimum Gasteiger partial charge on any atom is -0.493 e. The molecule has 0 aliphatic rings. The lowest BCUT2D eigenvalue weighted by molar-refractivity contribution is -0.142. The first-order valence-corrected chi connectivity index (χ1v) is 13.2. The molecule has 3 rings (SSSR count). The average molecular weight is 521 g/mol. The molecular weight excluding hydrogens is 480 g/mol. The number of hydrogen-bond donors (Lipinski definition) is 0. The fourth-order valence-corrected chi connectivity index (χ4v) is 4.35. The molecule has 0 unspecified atom stereocenters. The van der Waals surface area contributed by atoms with Gasteiger partial charge < -0.3 is 23.7 Å². The predicted octanol–water partition coefficient (Wildman–Crippen LogP) is 5.44. The van der Waals surface area contributed by atoms with Crippen LogP contribution in [0.15, 0.2) is 65.1 Å². The molecule has 0 bridgehead atoms. The first-order valence-electron chi connectivity index (χ1n) is 13.2. The molecule has 1 aromatic heterocycles. The van der Waals surface area contributed by atoms with Gasteiger partial charge in [-0.1, -0.05) is 43.3 Å². The highest BCUT2D eigenvalue weighted by atomic mass is 16.5. The van der Waals surface area contributed by atoms with Gasteiger partial charge in [0.25, 0.3) is 0 Å². The number of methoxy groups -OCH3 is 2. The highest BCUT2D eigenvalue weighted by molar-refractivity contribution is 5.85. The van der Waals surface area contributed by atoms with Crippen molar-refractivity contribution >= 4 is 11.8 Å². The third-order valence-electron chi connectivity index (χ3n) is 6.83. The molecule has 2 aromatic carbocycles. The van der Waals surface area contributed by atoms with Crippen molar-refractivity contribution in [2.45, 2.75) is 59.0 Å². The summed E-state index contributed by atoms with van der Waals surface area (Å²) in [5.41, 5.74) is 2.13. The van der Waals surface area contributed by atoms with Crippen LogP contribution >= 0.6 is 0 Å². The molecular formula is C31H40N2O5. The van der Waals surface area contributed by atoms with Crippen LogP contribution in [0, 0.1) is 6.92 Å². The number of aryl methyl sites for hydroxylation is 2. The maximum absolute atomic E-state index is 13.7. The van der Waals surface area contributed by atoms with Gasteiger partial charge in [-0.2, -0.15) is 0 Å². The molecule has 204 valence electrons. The molecule has 7 nitrogen and oxygen atoms in total. The van der Waals surface area contributed by atoms with E-state index in [9.17, 15) is 9.59 Å². The van der Waals surface area contributed by atoms with E-state index in [1.807, 2.05) is 81.4 Å². The Kier molecular flexibility index (Phi) is 10.8. The molecule has 0 aliphatic carbocycles. The second-order valence-corrected chi connectivity index (χ2v) is 9.53. The summed E-state index contributed by atoms with van der Waals surface area (Å²) >= 11 is 0. The van der Waals surface area contributed by atoms with E-state index in [1.165, 1.54) is 0 Å². The van der Waals surface area contributed by atoms with Crippen LogP contribution in [-0.2, 0) is 29.0 Å². The number of carbonyl (C=O) groups excluding carboxylic acids is 2. The van der Waals surface area contributed by atoms with Crippen LogP contribution in [0.25, 0.3) is 0 Å². The Morgan fingerprint density at radius 2 is 1.63 bits per heavy atom. The Hall–Kier alpha value is -3.74. The summed E-state index contributed by atoms with van der Waals surface area (Å²) in [6.07, 6.45) is 2.41. The average Bonchev–Trinajstić information content (AvgIpc) is 3.36. The van der Waals surface area contributed by atoms with Gasteiger partial charge in [-0.15, -0.1) is 0 Å². The van der Waals surface area contributed by atoms with Crippen LogP contribution in [0.5, 0.6) is 11.5 Å². The molecule has 0 saturated carbocycles. The van der Waals surface area contributed by atoms with Crippen LogP contribution in [0.4, 0.5) is 0 Å². The predicted molar refractivity (Wildman–Crippen MR) is 148 cm³/mol. The monoisotopic (exact) mass is 520 g/mol. The first-order chi connectivity index (χ1) is 18.3. The standard InChI is InChI=1S/C31H40N2O5/c1-6-23(2)33(30(34)17-14-25-10-8-7-9-11-25)22-31(35)32(21-27-15-12-24(3)38-27)19-18-26-13-16-28(36-4)29(20-26)37-5/h7-13,15-16,20,23H,6,14,17-19,21-22H2,1-5H3/t23-/m1/s1.